The van der Waals surface area contributed by atoms with E-state index in [2.05, 4.69) is 20.8 Å². The number of carbonyl (C=O) groups excluding carboxylic acids is 1. The Balaban J connectivity index is 1.91. The number of carboxylic acid groups (broad SMARTS) is 1. The number of amides is 1. The van der Waals surface area contributed by atoms with Gasteiger partial charge in [-0.25, -0.2) is 9.97 Å². The Morgan fingerprint density at radius 1 is 1.04 bits per heavy atom. The summed E-state index contributed by atoms with van der Waals surface area (Å²) in [4.78, 5) is 31.2. The first-order valence-corrected chi connectivity index (χ1v) is 8.13. The van der Waals surface area contributed by atoms with E-state index in [1.165, 1.54) is 0 Å². The first-order valence-electron chi connectivity index (χ1n) is 8.13. The van der Waals surface area contributed by atoms with Gasteiger partial charge in [-0.15, -0.1) is 0 Å². The van der Waals surface area contributed by atoms with Gasteiger partial charge in [-0.05, 0) is 19.1 Å². The minimum absolute atomic E-state index is 0.124. The molecular formula is C19H18N4O3. The van der Waals surface area contributed by atoms with Gasteiger partial charge in [0.05, 0.1) is 17.6 Å². The number of aliphatic carboxylic acids is 1. The smallest absolute Gasteiger partial charge is 0.303 e. The van der Waals surface area contributed by atoms with Crippen molar-refractivity contribution in [2.45, 2.75) is 19.8 Å². The van der Waals surface area contributed by atoms with E-state index in [0.29, 0.717) is 0 Å². The van der Waals surface area contributed by atoms with Gasteiger partial charge in [-0.3, -0.25) is 20.4 Å². The van der Waals surface area contributed by atoms with Crippen LogP contribution in [-0.2, 0) is 9.59 Å². The molecule has 0 atom stereocenters. The van der Waals surface area contributed by atoms with Crippen molar-refractivity contribution >= 4 is 28.7 Å². The summed E-state index contributed by atoms with van der Waals surface area (Å²) in [6.07, 6.45) is -0.360. The van der Waals surface area contributed by atoms with Crippen LogP contribution < -0.4 is 10.9 Å². The molecule has 0 saturated heterocycles. The van der Waals surface area contributed by atoms with Crippen molar-refractivity contribution in [1.29, 1.82) is 0 Å². The van der Waals surface area contributed by atoms with Gasteiger partial charge in [0.1, 0.15) is 0 Å². The van der Waals surface area contributed by atoms with E-state index in [9.17, 15) is 9.59 Å². The zero-order valence-corrected chi connectivity index (χ0v) is 14.2. The number of hydrazine groups is 1. The molecule has 0 bridgehead atoms. The second-order valence-corrected chi connectivity index (χ2v) is 5.85. The zero-order valence-electron chi connectivity index (χ0n) is 14.2. The first kappa shape index (κ1) is 17.3. The average molecular weight is 350 g/mol. The summed E-state index contributed by atoms with van der Waals surface area (Å²) in [5.74, 6) is -1.23. The van der Waals surface area contributed by atoms with Gasteiger partial charge in [0.15, 0.2) is 0 Å². The van der Waals surface area contributed by atoms with Crippen molar-refractivity contribution < 1.29 is 14.7 Å². The summed E-state index contributed by atoms with van der Waals surface area (Å²) in [6, 6.07) is 15.6. The fourth-order valence-electron chi connectivity index (χ4n) is 2.52. The number of anilines is 1. The fraction of sp³-hybridized carbons (Fsp3) is 0.158. The number of nitrogens with one attached hydrogen (secondary N) is 2. The molecule has 0 aliphatic heterocycles. The van der Waals surface area contributed by atoms with E-state index in [0.717, 1.165) is 27.7 Å². The molecule has 132 valence electrons. The molecule has 7 nitrogen and oxygen atoms in total. The molecule has 0 aliphatic carbocycles. The maximum absolute atomic E-state index is 11.7. The molecule has 1 heterocycles. The first-order chi connectivity index (χ1) is 12.5. The number of fused-ring (bicyclic) bond motifs is 1. The number of hydrogen-bond acceptors (Lipinski definition) is 5. The van der Waals surface area contributed by atoms with Crippen LogP contribution in [0, 0.1) is 6.92 Å². The third kappa shape index (κ3) is 4.13. The van der Waals surface area contributed by atoms with E-state index in [1.807, 2.05) is 55.5 Å². The van der Waals surface area contributed by atoms with Crippen LogP contribution in [0.2, 0.25) is 0 Å². The number of hydrogen-bond donors (Lipinski definition) is 3. The molecule has 1 amide bonds. The molecule has 0 fully saturated rings. The Labute approximate surface area is 150 Å². The molecule has 2 aromatic carbocycles. The summed E-state index contributed by atoms with van der Waals surface area (Å²) < 4.78 is 0. The van der Waals surface area contributed by atoms with Crippen molar-refractivity contribution in [1.82, 2.24) is 15.4 Å². The number of rotatable bonds is 6. The summed E-state index contributed by atoms with van der Waals surface area (Å²) in [7, 11) is 0. The van der Waals surface area contributed by atoms with Crippen LogP contribution in [0.25, 0.3) is 22.2 Å². The Morgan fingerprint density at radius 2 is 1.81 bits per heavy atom. The Hall–Kier alpha value is -3.48. The Kier molecular flexibility index (Phi) is 5.07. The number of aromatic nitrogens is 2. The lowest BCUT2D eigenvalue weighted by molar-refractivity contribution is -0.138. The van der Waals surface area contributed by atoms with Crippen molar-refractivity contribution in [2.24, 2.45) is 0 Å². The van der Waals surface area contributed by atoms with Crippen LogP contribution in [0.5, 0.6) is 0 Å². The minimum Gasteiger partial charge on any atom is -0.481 e. The van der Waals surface area contributed by atoms with Crippen molar-refractivity contribution in [3.63, 3.8) is 0 Å². The van der Waals surface area contributed by atoms with E-state index < -0.39 is 11.9 Å². The molecule has 0 aliphatic rings. The van der Waals surface area contributed by atoms with Crippen LogP contribution in [-0.4, -0.2) is 27.0 Å². The maximum atomic E-state index is 11.7. The van der Waals surface area contributed by atoms with Crippen molar-refractivity contribution in [3.05, 3.63) is 54.1 Å². The molecule has 0 radical (unpaired) electrons. The third-order valence-corrected chi connectivity index (χ3v) is 3.78. The predicted octanol–water partition coefficient (Wildman–Crippen LogP) is 2.91. The number of benzene rings is 2. The van der Waals surface area contributed by atoms with Gasteiger partial charge in [0.2, 0.25) is 11.9 Å². The van der Waals surface area contributed by atoms with Gasteiger partial charge < -0.3 is 5.11 Å². The van der Waals surface area contributed by atoms with Gasteiger partial charge in [-0.2, -0.15) is 0 Å². The lowest BCUT2D eigenvalue weighted by atomic mass is 10.0. The van der Waals surface area contributed by atoms with Crippen LogP contribution in [0.15, 0.2) is 48.5 Å². The predicted molar refractivity (Wildman–Crippen MR) is 98.3 cm³/mol. The maximum Gasteiger partial charge on any atom is 0.303 e. The highest BCUT2D eigenvalue weighted by molar-refractivity contribution is 5.93. The lowest BCUT2D eigenvalue weighted by Gasteiger charge is -2.11. The number of nitrogens with zero attached hydrogens (tertiary/aromatic N) is 2. The highest BCUT2D eigenvalue weighted by Crippen LogP contribution is 2.27. The van der Waals surface area contributed by atoms with Crippen molar-refractivity contribution in [2.75, 3.05) is 5.43 Å². The standard InChI is InChI=1S/C19H18N4O3/c1-12-7-8-15-14(11-12)18(13-5-3-2-4-6-13)21-19(20-15)23-22-16(24)9-10-17(25)26/h2-8,11H,9-10H2,1H3,(H,22,24)(H,25,26)(H,20,21,23). The van der Waals surface area contributed by atoms with Crippen LogP contribution in [0.4, 0.5) is 5.95 Å². The highest BCUT2D eigenvalue weighted by atomic mass is 16.4. The number of carboxylic acids is 1. The summed E-state index contributed by atoms with van der Waals surface area (Å²) in [5, 5.41) is 9.54. The van der Waals surface area contributed by atoms with E-state index in [4.69, 9.17) is 5.11 Å². The second-order valence-electron chi connectivity index (χ2n) is 5.85. The zero-order chi connectivity index (χ0) is 18.5. The van der Waals surface area contributed by atoms with Crippen LogP contribution in [0.1, 0.15) is 18.4 Å². The molecule has 0 saturated carbocycles. The quantitative estimate of drug-likeness (QED) is 0.591. The molecular weight excluding hydrogens is 332 g/mol. The van der Waals surface area contributed by atoms with Gasteiger partial charge >= 0.3 is 5.97 Å². The third-order valence-electron chi connectivity index (χ3n) is 3.78. The summed E-state index contributed by atoms with van der Waals surface area (Å²) in [6.45, 7) is 2.00. The normalized spacial score (nSPS) is 10.5. The fourth-order valence-corrected chi connectivity index (χ4v) is 2.52. The highest BCUT2D eigenvalue weighted by Gasteiger charge is 2.11. The molecule has 3 N–H and O–H groups in total. The molecule has 1 aromatic heterocycles. The van der Waals surface area contributed by atoms with Gasteiger partial charge in [-0.1, -0.05) is 42.0 Å². The minimum atomic E-state index is -1.02. The van der Waals surface area contributed by atoms with Gasteiger partial charge in [0.25, 0.3) is 0 Å². The molecule has 7 heteroatoms. The van der Waals surface area contributed by atoms with E-state index >= 15 is 0 Å². The summed E-state index contributed by atoms with van der Waals surface area (Å²) in [5.41, 5.74) is 8.63. The lowest BCUT2D eigenvalue weighted by Crippen LogP contribution is -2.30. The van der Waals surface area contributed by atoms with Crippen LogP contribution >= 0.6 is 0 Å². The van der Waals surface area contributed by atoms with Gasteiger partial charge in [0, 0.05) is 17.4 Å². The molecule has 3 rings (SSSR count). The van der Waals surface area contributed by atoms with Crippen molar-refractivity contribution in [3.8, 4) is 11.3 Å². The van der Waals surface area contributed by atoms with Crippen LogP contribution in [0.3, 0.4) is 0 Å². The SMILES string of the molecule is Cc1ccc2nc(NNC(=O)CCC(=O)O)nc(-c3ccccc3)c2c1. The molecule has 0 unspecified atom stereocenters. The topological polar surface area (TPSA) is 104 Å². The second kappa shape index (κ2) is 7.60. The Morgan fingerprint density at radius 3 is 2.54 bits per heavy atom. The number of aryl methyl sites for hydroxylation is 1. The average Bonchev–Trinajstić information content (AvgIpc) is 2.65. The number of carbonyl (C=O) groups is 2. The largest absolute Gasteiger partial charge is 0.481 e. The molecule has 0 spiro atoms. The summed E-state index contributed by atoms with van der Waals surface area (Å²) >= 11 is 0. The molecule has 3 aromatic rings. The Bertz CT molecular complexity index is 958. The van der Waals surface area contributed by atoms with E-state index in [-0.39, 0.29) is 18.8 Å². The molecule has 26 heavy (non-hydrogen) atoms. The monoisotopic (exact) mass is 350 g/mol. The van der Waals surface area contributed by atoms with E-state index in [1.54, 1.807) is 0 Å².